The van der Waals surface area contributed by atoms with E-state index in [9.17, 15) is 0 Å². The van der Waals surface area contributed by atoms with Crippen LogP contribution < -0.4 is 0 Å². The summed E-state index contributed by atoms with van der Waals surface area (Å²) < 4.78 is 3.14. The van der Waals surface area contributed by atoms with Crippen molar-refractivity contribution in [2.75, 3.05) is 0 Å². The lowest BCUT2D eigenvalue weighted by Gasteiger charge is -2.21. The molecule has 2 heterocycles. The van der Waals surface area contributed by atoms with Gasteiger partial charge in [-0.05, 0) is 36.0 Å². The van der Waals surface area contributed by atoms with E-state index in [1.807, 2.05) is 11.3 Å². The number of nitrogens with one attached hydrogen (secondary N) is 1. The number of H-pyrrole nitrogens is 1. The van der Waals surface area contributed by atoms with Crippen molar-refractivity contribution in [2.45, 2.75) is 45.6 Å². The van der Waals surface area contributed by atoms with Crippen LogP contribution in [0.3, 0.4) is 0 Å². The molecule has 4 heteroatoms. The number of aromatic amines is 1. The first-order valence-electron chi connectivity index (χ1n) is 6.48. The molecule has 0 spiro atoms. The molecule has 0 radical (unpaired) electrons. The van der Waals surface area contributed by atoms with Crippen LogP contribution >= 0.6 is 23.6 Å². The summed E-state index contributed by atoms with van der Waals surface area (Å²) in [6, 6.07) is 4.71. The maximum Gasteiger partial charge on any atom is 0.177 e. The monoisotopic (exact) mass is 280 g/mol. The molecule has 1 unspecified atom stereocenters. The largest absolute Gasteiger partial charge is 0.337 e. The van der Waals surface area contributed by atoms with Crippen LogP contribution in [0.15, 0.2) is 23.7 Å². The lowest BCUT2D eigenvalue weighted by molar-refractivity contribution is 0.509. The predicted molar refractivity (Wildman–Crippen MR) is 81.1 cm³/mol. The standard InChI is InChI=1S/C14H20N2S2/c1-4-6-11(13-7-5-8-18-13)16-12(10(2)3)9-15-14(16)17/h5,7-11H,4,6H2,1-3H3,(H,15,17). The summed E-state index contributed by atoms with van der Waals surface area (Å²) in [5.41, 5.74) is 1.30. The molecular formula is C14H20N2S2. The lowest BCUT2D eigenvalue weighted by atomic mass is 10.1. The van der Waals surface area contributed by atoms with Crippen molar-refractivity contribution in [1.82, 2.24) is 9.55 Å². The van der Waals surface area contributed by atoms with E-state index in [1.54, 1.807) is 0 Å². The maximum absolute atomic E-state index is 5.47. The fraction of sp³-hybridized carbons (Fsp3) is 0.500. The first kappa shape index (κ1) is 13.6. The molecule has 1 N–H and O–H groups in total. The van der Waals surface area contributed by atoms with Gasteiger partial charge < -0.3 is 9.55 Å². The first-order chi connectivity index (χ1) is 8.65. The molecule has 2 rings (SSSR count). The second kappa shape index (κ2) is 5.85. The smallest absolute Gasteiger partial charge is 0.177 e. The second-order valence-corrected chi connectivity index (χ2v) is 6.23. The molecular weight excluding hydrogens is 260 g/mol. The summed E-state index contributed by atoms with van der Waals surface area (Å²) >= 11 is 7.29. The van der Waals surface area contributed by atoms with Crippen molar-refractivity contribution in [3.05, 3.63) is 39.1 Å². The minimum atomic E-state index is 0.381. The fourth-order valence-electron chi connectivity index (χ4n) is 2.31. The maximum atomic E-state index is 5.47. The van der Waals surface area contributed by atoms with Gasteiger partial charge in [-0.15, -0.1) is 11.3 Å². The molecule has 0 fully saturated rings. The van der Waals surface area contributed by atoms with Gasteiger partial charge in [0.15, 0.2) is 4.77 Å². The molecule has 98 valence electrons. The van der Waals surface area contributed by atoms with Crippen LogP contribution in [0, 0.1) is 4.77 Å². The van der Waals surface area contributed by atoms with Gasteiger partial charge in [-0.2, -0.15) is 0 Å². The van der Waals surface area contributed by atoms with Crippen molar-refractivity contribution in [2.24, 2.45) is 0 Å². The third-order valence-electron chi connectivity index (χ3n) is 3.18. The van der Waals surface area contributed by atoms with Crippen LogP contribution in [0.4, 0.5) is 0 Å². The van der Waals surface area contributed by atoms with Crippen molar-refractivity contribution in [3.8, 4) is 0 Å². The van der Waals surface area contributed by atoms with E-state index in [4.69, 9.17) is 12.2 Å². The highest BCUT2D eigenvalue weighted by atomic mass is 32.1. The molecule has 0 saturated carbocycles. The summed E-state index contributed by atoms with van der Waals surface area (Å²) in [6.07, 6.45) is 4.35. The number of nitrogens with zero attached hydrogens (tertiary/aromatic N) is 1. The SMILES string of the molecule is CCCC(c1cccs1)n1c(C(C)C)c[nH]c1=S. The average Bonchev–Trinajstić information content (AvgIpc) is 2.95. The van der Waals surface area contributed by atoms with E-state index in [0.717, 1.165) is 17.6 Å². The summed E-state index contributed by atoms with van der Waals surface area (Å²) in [6.45, 7) is 6.66. The van der Waals surface area contributed by atoms with Crippen LogP contribution in [0.1, 0.15) is 56.1 Å². The Kier molecular flexibility index (Phi) is 4.40. The third kappa shape index (κ3) is 2.59. The quantitative estimate of drug-likeness (QED) is 0.754. The van der Waals surface area contributed by atoms with Crippen LogP contribution in [0.2, 0.25) is 0 Å². The molecule has 2 nitrogen and oxygen atoms in total. The first-order valence-corrected chi connectivity index (χ1v) is 7.77. The van der Waals surface area contributed by atoms with Gasteiger partial charge in [0, 0.05) is 16.8 Å². The Morgan fingerprint density at radius 3 is 2.78 bits per heavy atom. The molecule has 2 aromatic rings. The Bertz CT molecular complexity index is 534. The van der Waals surface area contributed by atoms with Crippen molar-refractivity contribution in [1.29, 1.82) is 0 Å². The van der Waals surface area contributed by atoms with Gasteiger partial charge in [0.25, 0.3) is 0 Å². The van der Waals surface area contributed by atoms with Gasteiger partial charge >= 0.3 is 0 Å². The average molecular weight is 280 g/mol. The summed E-state index contributed by atoms with van der Waals surface area (Å²) in [4.78, 5) is 4.60. The molecule has 0 amide bonds. The van der Waals surface area contributed by atoms with E-state index in [-0.39, 0.29) is 0 Å². The minimum absolute atomic E-state index is 0.381. The van der Waals surface area contributed by atoms with Crippen LogP contribution in [0.25, 0.3) is 0 Å². The highest BCUT2D eigenvalue weighted by Gasteiger charge is 2.19. The third-order valence-corrected chi connectivity index (χ3v) is 4.47. The van der Waals surface area contributed by atoms with Crippen LogP contribution in [0.5, 0.6) is 0 Å². The van der Waals surface area contributed by atoms with Crippen molar-refractivity contribution >= 4 is 23.6 Å². The van der Waals surface area contributed by atoms with Gasteiger partial charge in [-0.25, -0.2) is 0 Å². The Hall–Kier alpha value is -0.870. The molecule has 0 bridgehead atoms. The van der Waals surface area contributed by atoms with E-state index >= 15 is 0 Å². The zero-order valence-corrected chi connectivity index (χ0v) is 12.8. The molecule has 1 atom stereocenters. The number of rotatable bonds is 5. The van der Waals surface area contributed by atoms with Gasteiger partial charge in [-0.3, -0.25) is 0 Å². The number of hydrogen-bond donors (Lipinski definition) is 1. The highest BCUT2D eigenvalue weighted by Crippen LogP contribution is 2.31. The summed E-state index contributed by atoms with van der Waals surface area (Å²) in [7, 11) is 0. The van der Waals surface area contributed by atoms with Gasteiger partial charge in [0.2, 0.25) is 0 Å². The van der Waals surface area contributed by atoms with E-state index in [1.165, 1.54) is 10.6 Å². The molecule has 2 aromatic heterocycles. The van der Waals surface area contributed by atoms with Gasteiger partial charge in [0.1, 0.15) is 0 Å². The minimum Gasteiger partial charge on any atom is -0.337 e. The lowest BCUT2D eigenvalue weighted by Crippen LogP contribution is -2.13. The van der Waals surface area contributed by atoms with Crippen molar-refractivity contribution in [3.63, 3.8) is 0 Å². The number of hydrogen-bond acceptors (Lipinski definition) is 2. The zero-order valence-electron chi connectivity index (χ0n) is 11.1. The Morgan fingerprint density at radius 2 is 2.22 bits per heavy atom. The van der Waals surface area contributed by atoms with E-state index < -0.39 is 0 Å². The van der Waals surface area contributed by atoms with Crippen LogP contribution in [-0.4, -0.2) is 9.55 Å². The Morgan fingerprint density at radius 1 is 1.44 bits per heavy atom. The molecule has 18 heavy (non-hydrogen) atoms. The number of aromatic nitrogens is 2. The van der Waals surface area contributed by atoms with Crippen molar-refractivity contribution < 1.29 is 0 Å². The number of imidazole rings is 1. The van der Waals surface area contributed by atoms with Gasteiger partial charge in [0.05, 0.1) is 6.04 Å². The number of thiophene rings is 1. The zero-order chi connectivity index (χ0) is 13.1. The Labute approximate surface area is 118 Å². The molecule has 0 saturated heterocycles. The molecule has 0 aliphatic heterocycles. The topological polar surface area (TPSA) is 20.7 Å². The summed E-state index contributed by atoms with van der Waals surface area (Å²) in [5, 5.41) is 2.14. The normalized spacial score (nSPS) is 13.1. The summed E-state index contributed by atoms with van der Waals surface area (Å²) in [5.74, 6) is 0.484. The molecule has 0 aliphatic carbocycles. The fourth-order valence-corrected chi connectivity index (χ4v) is 3.45. The van der Waals surface area contributed by atoms with Gasteiger partial charge in [-0.1, -0.05) is 33.3 Å². The highest BCUT2D eigenvalue weighted by molar-refractivity contribution is 7.71. The predicted octanol–water partition coefficient (Wildman–Crippen LogP) is 5.12. The van der Waals surface area contributed by atoms with E-state index in [2.05, 4.69) is 54.0 Å². The molecule has 0 aromatic carbocycles. The second-order valence-electron chi connectivity index (χ2n) is 4.86. The molecule has 0 aliphatic rings. The van der Waals surface area contributed by atoms with Crippen LogP contribution in [-0.2, 0) is 0 Å². The Balaban J connectivity index is 2.49. The van der Waals surface area contributed by atoms with E-state index in [0.29, 0.717) is 12.0 Å².